The molecule has 96 valence electrons. The van der Waals surface area contributed by atoms with Crippen molar-refractivity contribution in [2.45, 2.75) is 40.7 Å². The highest BCUT2D eigenvalue weighted by atomic mass is 16.5. The number of nitrogen functional groups attached to an aromatic ring is 1. The lowest BCUT2D eigenvalue weighted by atomic mass is 10.1. The predicted octanol–water partition coefficient (Wildman–Crippen LogP) is 1.67. The van der Waals surface area contributed by atoms with Gasteiger partial charge in [0.1, 0.15) is 6.54 Å². The van der Waals surface area contributed by atoms with Crippen LogP contribution < -0.4 is 5.73 Å². The average molecular weight is 239 g/mol. The molecule has 0 unspecified atom stereocenters. The number of hydrogen-bond donors (Lipinski definition) is 1. The Kier molecular flexibility index (Phi) is 4.54. The molecule has 1 aromatic rings. The topological polar surface area (TPSA) is 70.1 Å². The molecule has 0 aliphatic carbocycles. The van der Waals surface area contributed by atoms with E-state index in [1.54, 1.807) is 4.68 Å². The van der Waals surface area contributed by atoms with Gasteiger partial charge >= 0.3 is 5.97 Å². The summed E-state index contributed by atoms with van der Waals surface area (Å²) in [5, 5.41) is 4.18. The minimum atomic E-state index is -0.267. The largest absolute Gasteiger partial charge is 0.464 e. The number of anilines is 1. The molecule has 0 bridgehead atoms. The maximum absolute atomic E-state index is 11.5. The van der Waals surface area contributed by atoms with E-state index in [4.69, 9.17) is 10.5 Å². The molecule has 5 heteroatoms. The second-order valence-electron chi connectivity index (χ2n) is 4.65. The zero-order chi connectivity index (χ0) is 13.0. The van der Waals surface area contributed by atoms with Crippen LogP contribution in [-0.2, 0) is 16.1 Å². The van der Waals surface area contributed by atoms with E-state index in [2.05, 4.69) is 18.9 Å². The second-order valence-corrected chi connectivity index (χ2v) is 4.65. The number of aromatic nitrogens is 2. The maximum Gasteiger partial charge on any atom is 0.327 e. The molecule has 0 saturated heterocycles. The Bertz CT molecular complexity index is 397. The summed E-state index contributed by atoms with van der Waals surface area (Å²) in [6, 6.07) is 0. The monoisotopic (exact) mass is 239 g/mol. The van der Waals surface area contributed by atoms with Crippen molar-refractivity contribution in [3.05, 3.63) is 11.4 Å². The van der Waals surface area contributed by atoms with Crippen LogP contribution in [0.5, 0.6) is 0 Å². The van der Waals surface area contributed by atoms with Crippen molar-refractivity contribution in [2.75, 3.05) is 12.3 Å². The Labute approximate surface area is 102 Å². The van der Waals surface area contributed by atoms with Gasteiger partial charge in [0.15, 0.2) is 0 Å². The number of nitrogens with zero attached hydrogens (tertiary/aromatic N) is 2. The standard InChI is InChI=1S/C12H21N3O2/c1-8(2)5-6-17-11(16)7-15-10(4)12(13)9(3)14-15/h8H,5-7,13H2,1-4H3. The maximum atomic E-state index is 11.5. The third-order valence-electron chi connectivity index (χ3n) is 2.67. The van der Waals surface area contributed by atoms with Crippen molar-refractivity contribution in [2.24, 2.45) is 5.92 Å². The molecule has 0 amide bonds. The van der Waals surface area contributed by atoms with Gasteiger partial charge < -0.3 is 10.5 Å². The van der Waals surface area contributed by atoms with Crippen LogP contribution in [0.2, 0.25) is 0 Å². The van der Waals surface area contributed by atoms with Crippen LogP contribution in [0.15, 0.2) is 0 Å². The minimum Gasteiger partial charge on any atom is -0.464 e. The highest BCUT2D eigenvalue weighted by molar-refractivity contribution is 5.69. The lowest BCUT2D eigenvalue weighted by Gasteiger charge is -2.07. The molecule has 0 fully saturated rings. The van der Waals surface area contributed by atoms with Crippen molar-refractivity contribution in [1.29, 1.82) is 0 Å². The van der Waals surface area contributed by atoms with Crippen molar-refractivity contribution < 1.29 is 9.53 Å². The molecule has 2 N–H and O–H groups in total. The number of hydrogen-bond acceptors (Lipinski definition) is 4. The number of aryl methyl sites for hydroxylation is 1. The van der Waals surface area contributed by atoms with E-state index in [0.717, 1.165) is 17.8 Å². The number of nitrogens with two attached hydrogens (primary N) is 1. The van der Waals surface area contributed by atoms with Crippen LogP contribution >= 0.6 is 0 Å². The highest BCUT2D eigenvalue weighted by Gasteiger charge is 2.12. The first-order valence-electron chi connectivity index (χ1n) is 5.87. The van der Waals surface area contributed by atoms with Gasteiger partial charge in [0.2, 0.25) is 0 Å². The molecule has 0 aliphatic heterocycles. The number of esters is 1. The summed E-state index contributed by atoms with van der Waals surface area (Å²) in [4.78, 5) is 11.5. The van der Waals surface area contributed by atoms with E-state index >= 15 is 0 Å². The first-order chi connectivity index (χ1) is 7.91. The summed E-state index contributed by atoms with van der Waals surface area (Å²) in [6.07, 6.45) is 0.880. The molecule has 1 rings (SSSR count). The van der Waals surface area contributed by atoms with Crippen LogP contribution in [0.4, 0.5) is 5.69 Å². The van der Waals surface area contributed by atoms with E-state index in [0.29, 0.717) is 18.2 Å². The first kappa shape index (κ1) is 13.5. The van der Waals surface area contributed by atoms with Gasteiger partial charge in [0.25, 0.3) is 0 Å². The van der Waals surface area contributed by atoms with Crippen molar-refractivity contribution in [1.82, 2.24) is 9.78 Å². The Morgan fingerprint density at radius 1 is 1.47 bits per heavy atom. The average Bonchev–Trinajstić information content (AvgIpc) is 2.46. The van der Waals surface area contributed by atoms with Crippen molar-refractivity contribution >= 4 is 11.7 Å². The SMILES string of the molecule is Cc1nn(CC(=O)OCCC(C)C)c(C)c1N. The van der Waals surface area contributed by atoms with Gasteiger partial charge in [0.05, 0.1) is 23.7 Å². The smallest absolute Gasteiger partial charge is 0.327 e. The third-order valence-corrected chi connectivity index (χ3v) is 2.67. The van der Waals surface area contributed by atoms with Gasteiger partial charge in [0, 0.05) is 0 Å². The summed E-state index contributed by atoms with van der Waals surface area (Å²) >= 11 is 0. The van der Waals surface area contributed by atoms with E-state index in [9.17, 15) is 4.79 Å². The molecular formula is C12H21N3O2. The molecule has 0 saturated carbocycles. The third kappa shape index (κ3) is 3.76. The van der Waals surface area contributed by atoms with Crippen LogP contribution in [0, 0.1) is 19.8 Å². The fraction of sp³-hybridized carbons (Fsp3) is 0.667. The zero-order valence-electron chi connectivity index (χ0n) is 11.0. The van der Waals surface area contributed by atoms with Crippen LogP contribution in [0.25, 0.3) is 0 Å². The van der Waals surface area contributed by atoms with Gasteiger partial charge in [-0.05, 0) is 26.2 Å². The van der Waals surface area contributed by atoms with Crippen molar-refractivity contribution in [3.8, 4) is 0 Å². The normalized spacial score (nSPS) is 10.9. The van der Waals surface area contributed by atoms with E-state index in [1.165, 1.54) is 0 Å². The number of ether oxygens (including phenoxy) is 1. The van der Waals surface area contributed by atoms with Gasteiger partial charge in [-0.15, -0.1) is 0 Å². The van der Waals surface area contributed by atoms with Crippen molar-refractivity contribution in [3.63, 3.8) is 0 Å². The van der Waals surface area contributed by atoms with E-state index < -0.39 is 0 Å². The van der Waals surface area contributed by atoms with Gasteiger partial charge in [-0.25, -0.2) is 0 Å². The summed E-state index contributed by atoms with van der Waals surface area (Å²) in [5.41, 5.74) is 7.98. The molecule has 5 nitrogen and oxygen atoms in total. The molecule has 17 heavy (non-hydrogen) atoms. The molecule has 1 aromatic heterocycles. The molecule has 0 spiro atoms. The van der Waals surface area contributed by atoms with Crippen LogP contribution in [0.1, 0.15) is 31.7 Å². The van der Waals surface area contributed by atoms with Gasteiger partial charge in [-0.2, -0.15) is 5.10 Å². The number of carbonyl (C=O) groups excluding carboxylic acids is 1. The molecular weight excluding hydrogens is 218 g/mol. The number of rotatable bonds is 5. The molecule has 1 heterocycles. The highest BCUT2D eigenvalue weighted by Crippen LogP contribution is 2.14. The molecule has 0 radical (unpaired) electrons. The summed E-state index contributed by atoms with van der Waals surface area (Å²) in [5.74, 6) is 0.267. The lowest BCUT2D eigenvalue weighted by Crippen LogP contribution is -2.17. The minimum absolute atomic E-state index is 0.127. The van der Waals surface area contributed by atoms with E-state index in [1.807, 2.05) is 13.8 Å². The molecule has 0 atom stereocenters. The first-order valence-corrected chi connectivity index (χ1v) is 5.87. The second kappa shape index (κ2) is 5.70. The summed E-state index contributed by atoms with van der Waals surface area (Å²) < 4.78 is 6.71. The number of carbonyl (C=O) groups is 1. The van der Waals surface area contributed by atoms with Gasteiger partial charge in [-0.3, -0.25) is 9.48 Å². The van der Waals surface area contributed by atoms with Crippen LogP contribution in [-0.4, -0.2) is 22.4 Å². The summed E-state index contributed by atoms with van der Waals surface area (Å²) in [6.45, 7) is 8.44. The lowest BCUT2D eigenvalue weighted by molar-refractivity contribution is -0.144. The Morgan fingerprint density at radius 2 is 2.12 bits per heavy atom. The Morgan fingerprint density at radius 3 is 2.59 bits per heavy atom. The predicted molar refractivity (Wildman–Crippen MR) is 66.5 cm³/mol. The molecule has 0 aliphatic rings. The quantitative estimate of drug-likeness (QED) is 0.793. The zero-order valence-corrected chi connectivity index (χ0v) is 11.0. The fourth-order valence-electron chi connectivity index (χ4n) is 1.44. The molecule has 0 aromatic carbocycles. The van der Waals surface area contributed by atoms with Crippen LogP contribution in [0.3, 0.4) is 0 Å². The van der Waals surface area contributed by atoms with E-state index in [-0.39, 0.29) is 12.5 Å². The Hall–Kier alpha value is -1.52. The fourth-order valence-corrected chi connectivity index (χ4v) is 1.44. The summed E-state index contributed by atoms with van der Waals surface area (Å²) in [7, 11) is 0. The Balaban J connectivity index is 2.48. The van der Waals surface area contributed by atoms with Gasteiger partial charge in [-0.1, -0.05) is 13.8 Å².